The van der Waals surface area contributed by atoms with Crippen molar-refractivity contribution in [3.05, 3.63) is 23.8 Å². The van der Waals surface area contributed by atoms with Crippen LogP contribution in [0.1, 0.15) is 39.2 Å². The molecular formula is C17H24O5. The molecule has 1 aromatic carbocycles. The zero-order chi connectivity index (χ0) is 16.5. The number of Topliss-reactive ketones (excluding diaryl/α,β-unsaturated/α-hetero) is 1. The van der Waals surface area contributed by atoms with Crippen molar-refractivity contribution < 1.29 is 23.8 Å². The van der Waals surface area contributed by atoms with E-state index in [-0.39, 0.29) is 31.3 Å². The molecule has 0 aliphatic rings. The van der Waals surface area contributed by atoms with E-state index in [1.54, 1.807) is 14.0 Å². The van der Waals surface area contributed by atoms with E-state index < -0.39 is 5.97 Å². The Hall–Kier alpha value is -2.04. The molecule has 5 nitrogen and oxygen atoms in total. The first-order valence-electron chi connectivity index (χ1n) is 7.47. The van der Waals surface area contributed by atoms with Crippen molar-refractivity contribution in [3.63, 3.8) is 0 Å². The lowest BCUT2D eigenvalue weighted by atomic mass is 10.0. The Balaban J connectivity index is 2.72. The fourth-order valence-electron chi connectivity index (χ4n) is 2.02. The summed E-state index contributed by atoms with van der Waals surface area (Å²) in [5, 5.41) is 0. The van der Waals surface area contributed by atoms with E-state index in [9.17, 15) is 9.59 Å². The highest BCUT2D eigenvalue weighted by Crippen LogP contribution is 2.32. The van der Waals surface area contributed by atoms with Crippen LogP contribution in [0.5, 0.6) is 11.5 Å². The lowest BCUT2D eigenvalue weighted by Gasteiger charge is -2.17. The molecule has 122 valence electrons. The number of esters is 1. The zero-order valence-electron chi connectivity index (χ0n) is 13.7. The van der Waals surface area contributed by atoms with Crippen LogP contribution in [0.4, 0.5) is 0 Å². The maximum absolute atomic E-state index is 11.8. The number of carbonyl (C=O) groups excluding carboxylic acids is 2. The Morgan fingerprint density at radius 1 is 1.23 bits per heavy atom. The molecule has 0 atom stereocenters. The molecule has 0 aromatic heterocycles. The predicted molar refractivity (Wildman–Crippen MR) is 83.3 cm³/mol. The number of rotatable bonds is 9. The summed E-state index contributed by atoms with van der Waals surface area (Å²) in [5.74, 6) is 0.682. The second-order valence-electron chi connectivity index (χ2n) is 5.14. The highest BCUT2D eigenvalue weighted by atomic mass is 16.5. The monoisotopic (exact) mass is 308 g/mol. The van der Waals surface area contributed by atoms with Gasteiger partial charge in [0, 0.05) is 6.42 Å². The highest BCUT2D eigenvalue weighted by molar-refractivity contribution is 5.95. The molecule has 0 saturated carbocycles. The topological polar surface area (TPSA) is 61.8 Å². The van der Waals surface area contributed by atoms with E-state index in [1.165, 1.54) is 0 Å². The predicted octanol–water partition coefficient (Wildman–Crippen LogP) is 2.94. The van der Waals surface area contributed by atoms with Gasteiger partial charge in [-0.15, -0.1) is 0 Å². The molecule has 0 aliphatic heterocycles. The number of hydrogen-bond acceptors (Lipinski definition) is 5. The van der Waals surface area contributed by atoms with Crippen molar-refractivity contribution in [2.75, 3.05) is 13.7 Å². The molecule has 5 heteroatoms. The van der Waals surface area contributed by atoms with Crippen molar-refractivity contribution in [1.29, 1.82) is 0 Å². The minimum absolute atomic E-state index is 0.00489. The summed E-state index contributed by atoms with van der Waals surface area (Å²) in [5.41, 5.74) is 0.894. The van der Waals surface area contributed by atoms with Crippen LogP contribution in [0.25, 0.3) is 0 Å². The maximum Gasteiger partial charge on any atom is 0.313 e. The average Bonchev–Trinajstić information content (AvgIpc) is 2.45. The van der Waals surface area contributed by atoms with Crippen LogP contribution in [0, 0.1) is 0 Å². The van der Waals surface area contributed by atoms with Gasteiger partial charge in [0.05, 0.1) is 19.8 Å². The first-order valence-corrected chi connectivity index (χ1v) is 7.47. The summed E-state index contributed by atoms with van der Waals surface area (Å²) in [6.45, 7) is 5.87. The molecule has 0 fully saturated rings. The van der Waals surface area contributed by atoms with Crippen LogP contribution >= 0.6 is 0 Å². The standard InChI is InChI=1S/C17H24O5/c1-5-21-16(19)11-14(18)10-9-13-7-6-8-15(20-4)17(13)22-12(2)3/h6-8,12H,5,9-11H2,1-4H3. The summed E-state index contributed by atoms with van der Waals surface area (Å²) < 4.78 is 15.9. The third-order valence-corrected chi connectivity index (χ3v) is 2.95. The number of methoxy groups -OCH3 is 1. The van der Waals surface area contributed by atoms with Gasteiger partial charge in [0.15, 0.2) is 11.5 Å². The fourth-order valence-corrected chi connectivity index (χ4v) is 2.02. The number of hydrogen-bond donors (Lipinski definition) is 0. The van der Waals surface area contributed by atoms with E-state index >= 15 is 0 Å². The Kier molecular flexibility index (Phi) is 7.43. The summed E-state index contributed by atoms with van der Waals surface area (Å²) in [4.78, 5) is 23.1. The van der Waals surface area contributed by atoms with E-state index in [1.807, 2.05) is 32.0 Å². The molecule has 0 aliphatic carbocycles. The number of para-hydroxylation sites is 1. The van der Waals surface area contributed by atoms with Crippen LogP contribution in [0.15, 0.2) is 18.2 Å². The third-order valence-electron chi connectivity index (χ3n) is 2.95. The van der Waals surface area contributed by atoms with Crippen molar-refractivity contribution in [3.8, 4) is 11.5 Å². The zero-order valence-corrected chi connectivity index (χ0v) is 13.7. The number of ketones is 1. The average molecular weight is 308 g/mol. The van der Waals surface area contributed by atoms with Gasteiger partial charge in [-0.25, -0.2) is 0 Å². The maximum atomic E-state index is 11.8. The smallest absolute Gasteiger partial charge is 0.313 e. The normalized spacial score (nSPS) is 10.4. The number of aryl methyl sites for hydroxylation is 1. The Morgan fingerprint density at radius 3 is 2.55 bits per heavy atom. The van der Waals surface area contributed by atoms with E-state index in [0.717, 1.165) is 5.56 Å². The van der Waals surface area contributed by atoms with Gasteiger partial charge < -0.3 is 14.2 Å². The largest absolute Gasteiger partial charge is 0.493 e. The Bertz CT molecular complexity index is 508. The minimum Gasteiger partial charge on any atom is -0.493 e. The SMILES string of the molecule is CCOC(=O)CC(=O)CCc1cccc(OC)c1OC(C)C. The van der Waals surface area contributed by atoms with E-state index in [0.29, 0.717) is 17.9 Å². The Morgan fingerprint density at radius 2 is 1.95 bits per heavy atom. The minimum atomic E-state index is -0.475. The molecule has 0 spiro atoms. The van der Waals surface area contributed by atoms with Crippen LogP contribution in [-0.4, -0.2) is 31.6 Å². The lowest BCUT2D eigenvalue weighted by Crippen LogP contribution is -2.13. The van der Waals surface area contributed by atoms with Crippen molar-refractivity contribution in [2.24, 2.45) is 0 Å². The number of benzene rings is 1. The number of ether oxygens (including phenoxy) is 3. The molecule has 1 aromatic rings. The second kappa shape index (κ2) is 9.07. The van der Waals surface area contributed by atoms with Gasteiger partial charge in [0.2, 0.25) is 0 Å². The van der Waals surface area contributed by atoms with Crippen LogP contribution in [0.3, 0.4) is 0 Å². The van der Waals surface area contributed by atoms with E-state index in [2.05, 4.69) is 0 Å². The summed E-state index contributed by atoms with van der Waals surface area (Å²) >= 11 is 0. The second-order valence-corrected chi connectivity index (χ2v) is 5.14. The molecule has 0 saturated heterocycles. The van der Waals surface area contributed by atoms with Crippen LogP contribution in [-0.2, 0) is 20.7 Å². The first-order chi connectivity index (χ1) is 10.5. The van der Waals surface area contributed by atoms with Gasteiger partial charge in [-0.2, -0.15) is 0 Å². The molecule has 1 rings (SSSR count). The first kappa shape index (κ1) is 18.0. The van der Waals surface area contributed by atoms with Gasteiger partial charge in [-0.05, 0) is 38.8 Å². The molecule has 0 radical (unpaired) electrons. The molecule has 0 bridgehead atoms. The van der Waals surface area contributed by atoms with Gasteiger partial charge >= 0.3 is 5.97 Å². The summed E-state index contributed by atoms with van der Waals surface area (Å²) in [7, 11) is 1.58. The molecule has 0 N–H and O–H groups in total. The molecule has 0 amide bonds. The molecule has 0 unspecified atom stereocenters. The summed E-state index contributed by atoms with van der Waals surface area (Å²) in [6.07, 6.45) is 0.584. The Labute approximate surface area is 131 Å². The van der Waals surface area contributed by atoms with Crippen molar-refractivity contribution in [1.82, 2.24) is 0 Å². The highest BCUT2D eigenvalue weighted by Gasteiger charge is 2.15. The van der Waals surface area contributed by atoms with Crippen LogP contribution in [0.2, 0.25) is 0 Å². The van der Waals surface area contributed by atoms with E-state index in [4.69, 9.17) is 14.2 Å². The third kappa shape index (κ3) is 5.76. The van der Waals surface area contributed by atoms with Gasteiger partial charge in [-0.1, -0.05) is 12.1 Å². The van der Waals surface area contributed by atoms with Gasteiger partial charge in [0.25, 0.3) is 0 Å². The fraction of sp³-hybridized carbons (Fsp3) is 0.529. The number of carbonyl (C=O) groups is 2. The van der Waals surface area contributed by atoms with Gasteiger partial charge in [0.1, 0.15) is 12.2 Å². The lowest BCUT2D eigenvalue weighted by molar-refractivity contribution is -0.145. The van der Waals surface area contributed by atoms with Crippen molar-refractivity contribution in [2.45, 2.75) is 46.1 Å². The quantitative estimate of drug-likeness (QED) is 0.518. The molecule has 22 heavy (non-hydrogen) atoms. The van der Waals surface area contributed by atoms with Crippen LogP contribution < -0.4 is 9.47 Å². The molecule has 0 heterocycles. The van der Waals surface area contributed by atoms with Gasteiger partial charge in [-0.3, -0.25) is 9.59 Å². The van der Waals surface area contributed by atoms with Crippen molar-refractivity contribution >= 4 is 11.8 Å². The molecular weight excluding hydrogens is 284 g/mol. The summed E-state index contributed by atoms with van der Waals surface area (Å²) in [6, 6.07) is 5.58.